The minimum atomic E-state index is -0.176. The van der Waals surface area contributed by atoms with Gasteiger partial charge in [-0.15, -0.1) is 0 Å². The predicted molar refractivity (Wildman–Crippen MR) is 140 cm³/mol. The molecule has 0 atom stereocenters. The van der Waals surface area contributed by atoms with Crippen LogP contribution >= 0.6 is 0 Å². The summed E-state index contributed by atoms with van der Waals surface area (Å²) >= 11 is 0. The number of aryl methyl sites for hydroxylation is 2. The first-order valence-electron chi connectivity index (χ1n) is 11.1. The van der Waals surface area contributed by atoms with Gasteiger partial charge in [0.2, 0.25) is 5.91 Å². The number of phenolic OH excluding ortho intramolecular Hbond substituents is 1. The molecule has 2 aromatic rings. The lowest BCUT2D eigenvalue weighted by Crippen LogP contribution is -2.30. The number of carbonyl (C=O) groups is 2. The first kappa shape index (κ1) is 26.3. The molecule has 34 heavy (non-hydrogen) atoms. The minimum absolute atomic E-state index is 0.00504. The van der Waals surface area contributed by atoms with Gasteiger partial charge in [-0.2, -0.15) is 5.10 Å². The number of benzene rings is 2. The van der Waals surface area contributed by atoms with E-state index in [0.717, 1.165) is 16.7 Å². The van der Waals surface area contributed by atoms with Gasteiger partial charge in [-0.1, -0.05) is 60.2 Å². The zero-order valence-corrected chi connectivity index (χ0v) is 20.6. The van der Waals surface area contributed by atoms with Gasteiger partial charge < -0.3 is 10.0 Å². The average Bonchev–Trinajstić information content (AvgIpc) is 2.75. The largest absolute Gasteiger partial charge is 0.505 e. The maximum Gasteiger partial charge on any atom is 0.223 e. The number of allylic oxidation sites excluding steroid dienone is 4. The number of nitrogens with one attached hydrogen (secondary N) is 1. The van der Waals surface area contributed by atoms with Crippen molar-refractivity contribution in [3.05, 3.63) is 83.6 Å². The maximum atomic E-state index is 12.3. The van der Waals surface area contributed by atoms with Crippen LogP contribution in [-0.4, -0.2) is 34.5 Å². The Morgan fingerprint density at radius 3 is 2.38 bits per heavy atom. The summed E-state index contributed by atoms with van der Waals surface area (Å²) in [7, 11) is 0. The highest BCUT2D eigenvalue weighted by Crippen LogP contribution is 2.36. The number of anilines is 1. The lowest BCUT2D eigenvalue weighted by molar-refractivity contribution is -0.127. The summed E-state index contributed by atoms with van der Waals surface area (Å²) < 4.78 is 0. The highest BCUT2D eigenvalue weighted by Gasteiger charge is 2.15. The number of ketones is 1. The van der Waals surface area contributed by atoms with Gasteiger partial charge in [0.05, 0.1) is 11.9 Å². The zero-order chi connectivity index (χ0) is 25.3. The fourth-order valence-electron chi connectivity index (χ4n) is 3.57. The molecule has 0 spiro atoms. The number of nitrogens with zero attached hydrogens (tertiary/aromatic N) is 2. The first-order valence-corrected chi connectivity index (χ1v) is 11.1. The summed E-state index contributed by atoms with van der Waals surface area (Å²) in [6.45, 7) is 12.8. The summed E-state index contributed by atoms with van der Waals surface area (Å²) in [4.78, 5) is 25.3. The second-order valence-electron chi connectivity index (χ2n) is 8.23. The Balaban J connectivity index is 2.35. The standard InChI is InChI=1S/C28H33N3O3/c1-7-8-12-27(31(23(6)33)14-13-22(5)32)21(4)18-29-30-26-11-9-10-25(28(26)34)24-16-19(2)15-20(3)17-24/h7-12,15-18,30,34H,1,13-14H2,2-6H3/b12-8-,27-21-,29-18+. The summed E-state index contributed by atoms with van der Waals surface area (Å²) in [5, 5.41) is 15.1. The first-order chi connectivity index (χ1) is 16.1. The second kappa shape index (κ2) is 12.3. The minimum Gasteiger partial charge on any atom is -0.505 e. The quantitative estimate of drug-likeness (QED) is 0.200. The number of carbonyl (C=O) groups excluding carboxylic acids is 2. The van der Waals surface area contributed by atoms with Gasteiger partial charge >= 0.3 is 0 Å². The number of aromatic hydroxyl groups is 1. The number of Topliss-reactive ketones (excluding diaryl/α,β-unsaturated/α-hetero) is 1. The number of rotatable bonds is 10. The number of hydrogen-bond acceptors (Lipinski definition) is 5. The van der Waals surface area contributed by atoms with Crippen LogP contribution < -0.4 is 5.43 Å². The molecule has 0 aliphatic rings. The van der Waals surface area contributed by atoms with Gasteiger partial charge in [0.1, 0.15) is 11.5 Å². The fourth-order valence-corrected chi connectivity index (χ4v) is 3.57. The van der Waals surface area contributed by atoms with Crippen molar-refractivity contribution in [2.45, 2.75) is 41.0 Å². The van der Waals surface area contributed by atoms with E-state index in [-0.39, 0.29) is 30.4 Å². The highest BCUT2D eigenvalue weighted by molar-refractivity contribution is 5.85. The smallest absolute Gasteiger partial charge is 0.223 e. The Hall–Kier alpha value is -3.93. The van der Waals surface area contributed by atoms with Crippen molar-refractivity contribution in [3.63, 3.8) is 0 Å². The van der Waals surface area contributed by atoms with Crippen molar-refractivity contribution in [2.24, 2.45) is 5.10 Å². The Labute approximate surface area is 202 Å². The third kappa shape index (κ3) is 7.30. The number of amides is 1. The van der Waals surface area contributed by atoms with Gasteiger partial charge in [-0.25, -0.2) is 0 Å². The van der Waals surface area contributed by atoms with Gasteiger partial charge in [-0.3, -0.25) is 15.0 Å². The summed E-state index contributed by atoms with van der Waals surface area (Å²) in [6, 6.07) is 11.6. The third-order valence-electron chi connectivity index (χ3n) is 5.16. The summed E-state index contributed by atoms with van der Waals surface area (Å²) in [6.07, 6.45) is 6.93. The highest BCUT2D eigenvalue weighted by atomic mass is 16.3. The van der Waals surface area contributed by atoms with Crippen molar-refractivity contribution in [2.75, 3.05) is 12.0 Å². The molecule has 0 aliphatic heterocycles. The van der Waals surface area contributed by atoms with E-state index in [0.29, 0.717) is 22.5 Å². The zero-order valence-electron chi connectivity index (χ0n) is 20.6. The molecule has 0 saturated heterocycles. The van der Waals surface area contributed by atoms with Crippen LogP contribution in [0.25, 0.3) is 11.1 Å². The Morgan fingerprint density at radius 2 is 1.79 bits per heavy atom. The summed E-state index contributed by atoms with van der Waals surface area (Å²) in [5.74, 6) is -0.0696. The van der Waals surface area contributed by atoms with E-state index in [9.17, 15) is 14.7 Å². The van der Waals surface area contributed by atoms with Crippen LogP contribution in [0.1, 0.15) is 38.3 Å². The lowest BCUT2D eigenvalue weighted by Gasteiger charge is -2.23. The number of hydrazone groups is 1. The van der Waals surface area contributed by atoms with Crippen LogP contribution in [0.4, 0.5) is 5.69 Å². The van der Waals surface area contributed by atoms with Crippen molar-refractivity contribution in [1.29, 1.82) is 0 Å². The molecule has 2 N–H and O–H groups in total. The molecule has 0 radical (unpaired) electrons. The molecule has 0 heterocycles. The van der Waals surface area contributed by atoms with E-state index in [1.165, 1.54) is 13.8 Å². The molecule has 0 aliphatic carbocycles. The summed E-state index contributed by atoms with van der Waals surface area (Å²) in [5.41, 5.74) is 8.55. The topological polar surface area (TPSA) is 82.0 Å². The molecule has 6 heteroatoms. The number of para-hydroxylation sites is 1. The SMILES string of the molecule is C=C\C=C/C(=C(C)/C=N/Nc1cccc(-c2cc(C)cc(C)c2)c1O)N(CCC(C)=O)C(C)=O. The van der Waals surface area contributed by atoms with Gasteiger partial charge in [0.15, 0.2) is 0 Å². The Morgan fingerprint density at radius 1 is 1.12 bits per heavy atom. The van der Waals surface area contributed by atoms with Crippen molar-refractivity contribution in [1.82, 2.24) is 4.90 Å². The van der Waals surface area contributed by atoms with Crippen LogP contribution in [0.15, 0.2) is 77.6 Å². The van der Waals surface area contributed by atoms with Crippen LogP contribution in [0, 0.1) is 13.8 Å². The molecule has 0 unspecified atom stereocenters. The van der Waals surface area contributed by atoms with Crippen LogP contribution in [0.5, 0.6) is 5.75 Å². The third-order valence-corrected chi connectivity index (χ3v) is 5.16. The molecule has 0 saturated carbocycles. The molecule has 2 aromatic carbocycles. The molecule has 1 amide bonds. The van der Waals surface area contributed by atoms with Crippen LogP contribution in [0.3, 0.4) is 0 Å². The molecule has 6 nitrogen and oxygen atoms in total. The number of phenols is 1. The van der Waals surface area contributed by atoms with E-state index in [1.807, 2.05) is 45.0 Å². The molecular weight excluding hydrogens is 426 g/mol. The van der Waals surface area contributed by atoms with E-state index in [4.69, 9.17) is 0 Å². The van der Waals surface area contributed by atoms with Crippen molar-refractivity contribution >= 4 is 23.6 Å². The normalized spacial score (nSPS) is 12.0. The van der Waals surface area contributed by atoms with Gasteiger partial charge in [-0.05, 0) is 51.0 Å². The maximum absolute atomic E-state index is 12.3. The number of hydrogen-bond donors (Lipinski definition) is 2. The van der Waals surface area contributed by atoms with E-state index in [1.54, 1.807) is 35.4 Å². The lowest BCUT2D eigenvalue weighted by atomic mass is 9.99. The fraction of sp³-hybridized carbons (Fsp3) is 0.250. The van der Waals surface area contributed by atoms with Crippen molar-refractivity contribution in [3.8, 4) is 16.9 Å². The predicted octanol–water partition coefficient (Wildman–Crippen LogP) is 5.92. The Bertz CT molecular complexity index is 1140. The second-order valence-corrected chi connectivity index (χ2v) is 8.23. The molecule has 0 bridgehead atoms. The average molecular weight is 460 g/mol. The van der Waals surface area contributed by atoms with Crippen molar-refractivity contribution < 1.29 is 14.7 Å². The molecular formula is C28H33N3O3. The van der Waals surface area contributed by atoms with E-state index < -0.39 is 0 Å². The van der Waals surface area contributed by atoms with Crippen LogP contribution in [-0.2, 0) is 9.59 Å². The molecule has 2 rings (SSSR count). The molecule has 0 fully saturated rings. The van der Waals surface area contributed by atoms with Crippen LogP contribution in [0.2, 0.25) is 0 Å². The molecule has 0 aromatic heterocycles. The van der Waals surface area contributed by atoms with Gasteiger partial charge in [0, 0.05) is 31.1 Å². The monoisotopic (exact) mass is 459 g/mol. The van der Waals surface area contributed by atoms with E-state index >= 15 is 0 Å². The molecule has 178 valence electrons. The van der Waals surface area contributed by atoms with Gasteiger partial charge in [0.25, 0.3) is 0 Å². The van der Waals surface area contributed by atoms with E-state index in [2.05, 4.69) is 23.2 Å². The Kier molecular flexibility index (Phi) is 9.56.